The zero-order valence-corrected chi connectivity index (χ0v) is 5.26. The lowest BCUT2D eigenvalue weighted by Crippen LogP contribution is -1.65. The third-order valence-corrected chi connectivity index (χ3v) is 1.13. The Kier molecular flexibility index (Phi) is 1.51. The first-order valence-electron chi connectivity index (χ1n) is 2.77. The van der Waals surface area contributed by atoms with Crippen LogP contribution in [0.5, 0.6) is 0 Å². The zero-order chi connectivity index (χ0) is 6.69. The lowest BCUT2D eigenvalue weighted by molar-refractivity contribution is 1.48. The summed E-state index contributed by atoms with van der Waals surface area (Å²) in [5.41, 5.74) is 1.86. The molecule has 1 aromatic carbocycles. The van der Waals surface area contributed by atoms with Gasteiger partial charge in [0.15, 0.2) is 5.69 Å². The minimum Gasteiger partial charge on any atom is -0.238 e. The molecule has 44 valence electrons. The van der Waals surface area contributed by atoms with Gasteiger partial charge in [-0.3, -0.25) is 0 Å². The van der Waals surface area contributed by atoms with Crippen LogP contribution in [0.3, 0.4) is 0 Å². The molecule has 0 atom stereocenters. The van der Waals surface area contributed by atoms with Crippen LogP contribution >= 0.6 is 0 Å². The number of hydrogen-bond donors (Lipinski definition) is 0. The van der Waals surface area contributed by atoms with Crippen molar-refractivity contribution in [1.29, 1.82) is 0 Å². The van der Waals surface area contributed by atoms with Crippen molar-refractivity contribution in [2.75, 3.05) is 0 Å². The van der Waals surface area contributed by atoms with Crippen LogP contribution in [0.2, 0.25) is 0 Å². The second-order valence-corrected chi connectivity index (χ2v) is 1.95. The maximum atomic E-state index is 6.67. The molecule has 0 amide bonds. The predicted octanol–water partition coefficient (Wildman–Crippen LogP) is 2.55. The molecule has 0 saturated carbocycles. The van der Waals surface area contributed by atoms with Gasteiger partial charge in [0, 0.05) is 0 Å². The van der Waals surface area contributed by atoms with Gasteiger partial charge in [-0.05, 0) is 6.92 Å². The highest BCUT2D eigenvalue weighted by Gasteiger charge is 1.86. The molecule has 1 rings (SSSR count). The first-order valence-corrected chi connectivity index (χ1v) is 2.77. The Labute approximate surface area is 54.8 Å². The number of benzene rings is 1. The minimum absolute atomic E-state index is 0.718. The minimum atomic E-state index is 0.718. The van der Waals surface area contributed by atoms with Gasteiger partial charge in [0.05, 0.1) is 6.57 Å². The topological polar surface area (TPSA) is 4.36 Å². The summed E-state index contributed by atoms with van der Waals surface area (Å²) in [6.07, 6.45) is 0. The smallest absolute Gasteiger partial charge is 0.187 e. The summed E-state index contributed by atoms with van der Waals surface area (Å²) < 4.78 is 0. The molecule has 0 aliphatic heterocycles. The molecule has 1 aromatic rings. The first kappa shape index (κ1) is 5.84. The van der Waals surface area contributed by atoms with Crippen molar-refractivity contribution in [3.05, 3.63) is 41.2 Å². The summed E-state index contributed by atoms with van der Waals surface area (Å²) in [5, 5.41) is 0. The Morgan fingerprint density at radius 2 is 2.22 bits per heavy atom. The summed E-state index contributed by atoms with van der Waals surface area (Å²) in [5.74, 6) is 0. The highest BCUT2D eigenvalue weighted by molar-refractivity contribution is 5.45. The van der Waals surface area contributed by atoms with Gasteiger partial charge in [0.1, 0.15) is 0 Å². The average Bonchev–Trinajstić information content (AvgIpc) is 1.88. The van der Waals surface area contributed by atoms with Crippen LogP contribution in [0, 0.1) is 13.5 Å². The fourth-order valence-electron chi connectivity index (χ4n) is 0.698. The van der Waals surface area contributed by atoms with E-state index in [0.717, 1.165) is 11.3 Å². The Hall–Kier alpha value is -1.29. The van der Waals surface area contributed by atoms with E-state index < -0.39 is 0 Å². The monoisotopic (exact) mass is 117 g/mol. The lowest BCUT2D eigenvalue weighted by atomic mass is 10.2. The molecule has 0 aliphatic rings. The fourth-order valence-corrected chi connectivity index (χ4v) is 0.698. The van der Waals surface area contributed by atoms with Crippen molar-refractivity contribution in [2.24, 2.45) is 0 Å². The molecule has 0 aromatic heterocycles. The average molecular weight is 117 g/mol. The van der Waals surface area contributed by atoms with Crippen molar-refractivity contribution in [3.8, 4) is 0 Å². The molecular formula is C8H7N. The van der Waals surface area contributed by atoms with Crippen molar-refractivity contribution < 1.29 is 0 Å². The molecule has 0 saturated heterocycles. The van der Waals surface area contributed by atoms with E-state index in [4.69, 9.17) is 6.57 Å². The fraction of sp³-hybridized carbons (Fsp3) is 0.125. The van der Waals surface area contributed by atoms with E-state index in [1.807, 2.05) is 25.1 Å². The number of nitrogens with zero attached hydrogens (tertiary/aromatic N) is 1. The Balaban J connectivity index is 3.12. The third kappa shape index (κ3) is 1.30. The van der Waals surface area contributed by atoms with Crippen molar-refractivity contribution in [3.63, 3.8) is 0 Å². The molecule has 1 nitrogen and oxygen atoms in total. The highest BCUT2D eigenvalue weighted by atomic mass is 14.6. The van der Waals surface area contributed by atoms with Crippen molar-refractivity contribution >= 4 is 5.69 Å². The highest BCUT2D eigenvalue weighted by Crippen LogP contribution is 2.11. The van der Waals surface area contributed by atoms with Crippen LogP contribution in [0.15, 0.2) is 24.3 Å². The normalized spacial score (nSPS) is 8.44. The van der Waals surface area contributed by atoms with Crippen molar-refractivity contribution in [1.82, 2.24) is 0 Å². The summed E-state index contributed by atoms with van der Waals surface area (Å²) in [7, 11) is 0. The van der Waals surface area contributed by atoms with E-state index in [0.29, 0.717) is 0 Å². The number of rotatable bonds is 0. The van der Waals surface area contributed by atoms with Gasteiger partial charge in [-0.25, -0.2) is 4.85 Å². The Morgan fingerprint density at radius 1 is 1.44 bits per heavy atom. The second-order valence-electron chi connectivity index (χ2n) is 1.95. The SMILES string of the molecule is [C-]#[N+]c1cccc(C)c1. The zero-order valence-electron chi connectivity index (χ0n) is 5.26. The summed E-state index contributed by atoms with van der Waals surface area (Å²) in [6.45, 7) is 8.65. The van der Waals surface area contributed by atoms with E-state index in [1.165, 1.54) is 0 Å². The van der Waals surface area contributed by atoms with E-state index in [9.17, 15) is 0 Å². The molecule has 9 heavy (non-hydrogen) atoms. The largest absolute Gasteiger partial charge is 0.238 e. The Morgan fingerprint density at radius 3 is 2.67 bits per heavy atom. The number of aryl methyl sites for hydroxylation is 1. The van der Waals surface area contributed by atoms with Crippen molar-refractivity contribution in [2.45, 2.75) is 6.92 Å². The molecule has 0 N–H and O–H groups in total. The maximum absolute atomic E-state index is 6.67. The van der Waals surface area contributed by atoms with Gasteiger partial charge in [-0.15, -0.1) is 0 Å². The van der Waals surface area contributed by atoms with E-state index in [1.54, 1.807) is 6.07 Å². The molecule has 0 radical (unpaired) electrons. The van der Waals surface area contributed by atoms with Gasteiger partial charge in [-0.1, -0.05) is 29.8 Å². The molecule has 0 unspecified atom stereocenters. The van der Waals surface area contributed by atoms with Crippen LogP contribution in [-0.4, -0.2) is 0 Å². The van der Waals surface area contributed by atoms with E-state index in [2.05, 4.69) is 4.85 Å². The summed E-state index contributed by atoms with van der Waals surface area (Å²) in [4.78, 5) is 3.28. The summed E-state index contributed by atoms with van der Waals surface area (Å²) in [6, 6.07) is 7.55. The number of hydrogen-bond acceptors (Lipinski definition) is 0. The van der Waals surface area contributed by atoms with Gasteiger partial charge in [0.25, 0.3) is 0 Å². The third-order valence-electron chi connectivity index (χ3n) is 1.13. The molecule has 0 aliphatic carbocycles. The van der Waals surface area contributed by atoms with Gasteiger partial charge >= 0.3 is 0 Å². The van der Waals surface area contributed by atoms with Gasteiger partial charge < -0.3 is 0 Å². The van der Waals surface area contributed by atoms with Crippen LogP contribution in [-0.2, 0) is 0 Å². The van der Waals surface area contributed by atoms with Crippen LogP contribution in [0.4, 0.5) is 5.69 Å². The molecule has 0 spiro atoms. The van der Waals surface area contributed by atoms with Crippen LogP contribution < -0.4 is 0 Å². The standard InChI is InChI=1S/C8H7N/c1-7-4-3-5-8(6-7)9-2/h3-6H,1H3. The van der Waals surface area contributed by atoms with Gasteiger partial charge in [0.2, 0.25) is 0 Å². The summed E-state index contributed by atoms with van der Waals surface area (Å²) >= 11 is 0. The molecule has 1 heteroatoms. The predicted molar refractivity (Wildman–Crippen MR) is 37.4 cm³/mol. The maximum Gasteiger partial charge on any atom is 0.187 e. The van der Waals surface area contributed by atoms with E-state index >= 15 is 0 Å². The molecular weight excluding hydrogens is 110 g/mol. The van der Waals surface area contributed by atoms with Crippen LogP contribution in [0.1, 0.15) is 5.56 Å². The quantitative estimate of drug-likeness (QED) is 0.460. The Bertz CT molecular complexity index is 245. The van der Waals surface area contributed by atoms with Gasteiger partial charge in [-0.2, -0.15) is 0 Å². The van der Waals surface area contributed by atoms with Crippen LogP contribution in [0.25, 0.3) is 4.85 Å². The lowest BCUT2D eigenvalue weighted by Gasteiger charge is -1.89. The first-order chi connectivity index (χ1) is 4.33. The van der Waals surface area contributed by atoms with E-state index in [-0.39, 0.29) is 0 Å². The molecule has 0 bridgehead atoms. The molecule has 0 heterocycles. The second kappa shape index (κ2) is 2.32. The molecule has 0 fully saturated rings.